The summed E-state index contributed by atoms with van der Waals surface area (Å²) in [4.78, 5) is 26.6. The van der Waals surface area contributed by atoms with Gasteiger partial charge in [0.2, 0.25) is 0 Å². The molecule has 178 valence electrons. The fraction of sp³-hybridized carbons (Fsp3) is 0.308. The molecule has 35 heavy (non-hydrogen) atoms. The van der Waals surface area contributed by atoms with Crippen LogP contribution in [0.25, 0.3) is 22.0 Å². The molecule has 5 heterocycles. The van der Waals surface area contributed by atoms with Gasteiger partial charge in [-0.3, -0.25) is 19.8 Å². The summed E-state index contributed by atoms with van der Waals surface area (Å²) < 4.78 is 5.40. The van der Waals surface area contributed by atoms with Crippen molar-refractivity contribution in [3.05, 3.63) is 66.2 Å². The number of rotatable bonds is 6. The number of fused-ring (bicyclic) bond motifs is 1. The fourth-order valence-corrected chi connectivity index (χ4v) is 4.53. The second kappa shape index (κ2) is 9.44. The maximum Gasteiger partial charge on any atom is 0.276 e. The van der Waals surface area contributed by atoms with Crippen molar-refractivity contribution in [2.24, 2.45) is 0 Å². The molecule has 2 aliphatic rings. The van der Waals surface area contributed by atoms with Crippen molar-refractivity contribution in [1.29, 1.82) is 0 Å². The lowest BCUT2D eigenvalue weighted by Gasteiger charge is -2.30. The van der Waals surface area contributed by atoms with E-state index >= 15 is 0 Å². The van der Waals surface area contributed by atoms with E-state index < -0.39 is 0 Å². The van der Waals surface area contributed by atoms with Crippen molar-refractivity contribution in [3.63, 3.8) is 0 Å². The monoisotopic (exact) mass is 469 g/mol. The van der Waals surface area contributed by atoms with E-state index in [1.807, 2.05) is 42.7 Å². The Balaban J connectivity index is 1.21. The normalized spacial score (nSPS) is 16.3. The molecular weight excluding hydrogens is 442 g/mol. The van der Waals surface area contributed by atoms with E-state index in [4.69, 9.17) is 4.74 Å². The minimum atomic E-state index is -0.279. The molecule has 9 heteroatoms. The fourth-order valence-electron chi connectivity index (χ4n) is 4.53. The van der Waals surface area contributed by atoms with Gasteiger partial charge in [0, 0.05) is 43.0 Å². The number of nitrogens with zero attached hydrogens (tertiary/aromatic N) is 5. The predicted octanol–water partition coefficient (Wildman–Crippen LogP) is 3.31. The molecule has 0 aliphatic carbocycles. The molecule has 0 radical (unpaired) electrons. The molecule has 0 spiro atoms. The summed E-state index contributed by atoms with van der Waals surface area (Å²) in [5.41, 5.74) is 5.01. The first-order chi connectivity index (χ1) is 17.2. The van der Waals surface area contributed by atoms with Crippen LogP contribution < -0.4 is 10.2 Å². The Kier molecular flexibility index (Phi) is 5.85. The topological polar surface area (TPSA) is 99.3 Å². The second-order valence-corrected chi connectivity index (χ2v) is 9.00. The minimum absolute atomic E-state index is 0.279. The Labute approximate surface area is 203 Å². The van der Waals surface area contributed by atoms with E-state index in [1.165, 1.54) is 12.0 Å². The highest BCUT2D eigenvalue weighted by Gasteiger charge is 2.18. The maximum atomic E-state index is 13.1. The van der Waals surface area contributed by atoms with Crippen molar-refractivity contribution in [3.8, 4) is 11.1 Å². The van der Waals surface area contributed by atoms with E-state index in [9.17, 15) is 4.79 Å². The SMILES string of the molecule is O=C(Nc1ccc(N2CCOCC2)nc1)c1n[nH]c2ccc(-c3cncc(CN4CCC4)c3)cc12. The molecule has 9 nitrogen and oxygen atoms in total. The van der Waals surface area contributed by atoms with Crippen molar-refractivity contribution in [2.45, 2.75) is 13.0 Å². The standard InChI is InChI=1S/C26H27N7O2/c34-26(29-21-3-5-24(28-16-21)33-8-10-35-11-9-33)25-22-13-19(2-4-23(22)30-31-25)20-12-18(14-27-15-20)17-32-6-1-7-32/h2-5,12-16H,1,6-11,17H2,(H,29,34)(H,30,31). The highest BCUT2D eigenvalue weighted by molar-refractivity contribution is 6.11. The summed E-state index contributed by atoms with van der Waals surface area (Å²) in [5, 5.41) is 11.0. The van der Waals surface area contributed by atoms with Gasteiger partial charge in [-0.2, -0.15) is 5.10 Å². The summed E-state index contributed by atoms with van der Waals surface area (Å²) in [6.07, 6.45) is 6.74. The van der Waals surface area contributed by atoms with Crippen molar-refractivity contribution in [1.82, 2.24) is 25.1 Å². The lowest BCUT2D eigenvalue weighted by Crippen LogP contribution is -2.36. The van der Waals surface area contributed by atoms with Crippen LogP contribution in [0, 0.1) is 0 Å². The highest BCUT2D eigenvalue weighted by Crippen LogP contribution is 2.27. The van der Waals surface area contributed by atoms with Crippen LogP contribution in [-0.2, 0) is 11.3 Å². The number of anilines is 2. The molecule has 2 saturated heterocycles. The number of H-pyrrole nitrogens is 1. The van der Waals surface area contributed by atoms with E-state index in [2.05, 4.69) is 41.3 Å². The Morgan fingerprint density at radius 3 is 2.66 bits per heavy atom. The van der Waals surface area contributed by atoms with E-state index in [0.717, 1.165) is 60.6 Å². The van der Waals surface area contributed by atoms with Crippen LogP contribution in [0.5, 0.6) is 0 Å². The Morgan fingerprint density at radius 1 is 1.00 bits per heavy atom. The van der Waals surface area contributed by atoms with E-state index in [-0.39, 0.29) is 5.91 Å². The van der Waals surface area contributed by atoms with Crippen LogP contribution in [0.1, 0.15) is 22.5 Å². The number of ether oxygens (including phenoxy) is 1. The van der Waals surface area contributed by atoms with Crippen LogP contribution in [0.2, 0.25) is 0 Å². The molecule has 4 aromatic rings. The molecule has 0 atom stereocenters. The molecule has 3 aromatic heterocycles. The smallest absolute Gasteiger partial charge is 0.276 e. The maximum absolute atomic E-state index is 13.1. The molecule has 0 saturated carbocycles. The molecule has 6 rings (SSSR count). The number of aromatic amines is 1. The van der Waals surface area contributed by atoms with Gasteiger partial charge in [0.25, 0.3) is 5.91 Å². The van der Waals surface area contributed by atoms with Gasteiger partial charge in [-0.1, -0.05) is 6.07 Å². The predicted molar refractivity (Wildman–Crippen MR) is 134 cm³/mol. The first kappa shape index (κ1) is 21.7. The van der Waals surface area contributed by atoms with Gasteiger partial charge in [0.05, 0.1) is 30.6 Å². The zero-order valence-electron chi connectivity index (χ0n) is 19.4. The Bertz CT molecular complexity index is 1340. The largest absolute Gasteiger partial charge is 0.378 e. The average molecular weight is 470 g/mol. The molecule has 1 amide bonds. The number of carbonyl (C=O) groups is 1. The Morgan fingerprint density at radius 2 is 1.89 bits per heavy atom. The number of hydrogen-bond donors (Lipinski definition) is 2. The molecule has 2 aliphatic heterocycles. The van der Waals surface area contributed by atoms with Crippen molar-refractivity contribution >= 4 is 28.3 Å². The van der Waals surface area contributed by atoms with Gasteiger partial charge in [-0.05, 0) is 61.0 Å². The number of benzene rings is 1. The van der Waals surface area contributed by atoms with Gasteiger partial charge < -0.3 is 15.0 Å². The number of amides is 1. The zero-order valence-corrected chi connectivity index (χ0v) is 19.4. The third-order valence-electron chi connectivity index (χ3n) is 6.60. The molecular formula is C26H27N7O2. The molecule has 0 bridgehead atoms. The lowest BCUT2D eigenvalue weighted by molar-refractivity contribution is 0.102. The molecule has 2 N–H and O–H groups in total. The van der Waals surface area contributed by atoms with Crippen molar-refractivity contribution < 1.29 is 9.53 Å². The number of hydrogen-bond acceptors (Lipinski definition) is 7. The molecule has 2 fully saturated rings. The van der Waals surface area contributed by atoms with Crippen LogP contribution in [0.3, 0.4) is 0 Å². The van der Waals surface area contributed by atoms with E-state index in [0.29, 0.717) is 24.6 Å². The van der Waals surface area contributed by atoms with E-state index in [1.54, 1.807) is 6.20 Å². The zero-order chi connectivity index (χ0) is 23.6. The van der Waals surface area contributed by atoms with Gasteiger partial charge in [-0.25, -0.2) is 4.98 Å². The number of aromatic nitrogens is 4. The number of morpholine rings is 1. The highest BCUT2D eigenvalue weighted by atomic mass is 16.5. The first-order valence-corrected chi connectivity index (χ1v) is 12.0. The van der Waals surface area contributed by atoms with Crippen LogP contribution in [0.4, 0.5) is 11.5 Å². The van der Waals surface area contributed by atoms with Gasteiger partial charge in [-0.15, -0.1) is 0 Å². The number of likely N-dealkylation sites (tertiary alicyclic amines) is 1. The summed E-state index contributed by atoms with van der Waals surface area (Å²) in [6.45, 7) is 6.25. The minimum Gasteiger partial charge on any atom is -0.378 e. The Hall–Kier alpha value is -3.82. The summed E-state index contributed by atoms with van der Waals surface area (Å²) in [6, 6.07) is 11.9. The summed E-state index contributed by atoms with van der Waals surface area (Å²) in [7, 11) is 0. The van der Waals surface area contributed by atoms with Crippen molar-refractivity contribution in [2.75, 3.05) is 49.6 Å². The third-order valence-corrected chi connectivity index (χ3v) is 6.60. The van der Waals surface area contributed by atoms with Crippen LogP contribution in [0.15, 0.2) is 55.0 Å². The number of carbonyl (C=O) groups excluding carboxylic acids is 1. The van der Waals surface area contributed by atoms with Gasteiger partial charge >= 0.3 is 0 Å². The molecule has 0 unspecified atom stereocenters. The average Bonchev–Trinajstić information content (AvgIpc) is 3.31. The van der Waals surface area contributed by atoms with Crippen LogP contribution in [-0.4, -0.2) is 70.4 Å². The quantitative estimate of drug-likeness (QED) is 0.447. The lowest BCUT2D eigenvalue weighted by atomic mass is 10.0. The summed E-state index contributed by atoms with van der Waals surface area (Å²) in [5.74, 6) is 0.602. The number of pyridine rings is 2. The summed E-state index contributed by atoms with van der Waals surface area (Å²) >= 11 is 0. The third kappa shape index (κ3) is 4.60. The van der Waals surface area contributed by atoms with Gasteiger partial charge in [0.15, 0.2) is 5.69 Å². The number of nitrogens with one attached hydrogen (secondary N) is 2. The van der Waals surface area contributed by atoms with Crippen LogP contribution >= 0.6 is 0 Å². The van der Waals surface area contributed by atoms with Gasteiger partial charge in [0.1, 0.15) is 5.82 Å². The molecule has 1 aromatic carbocycles. The first-order valence-electron chi connectivity index (χ1n) is 12.0. The second-order valence-electron chi connectivity index (χ2n) is 9.00.